The Balaban J connectivity index is 2.11. The first-order valence-electron chi connectivity index (χ1n) is 7.01. The quantitative estimate of drug-likeness (QED) is 0.832. The number of rotatable bonds is 5. The molecule has 2 N–H and O–H groups in total. The molecule has 1 aliphatic rings. The maximum atomic E-state index is 12.5. The summed E-state index contributed by atoms with van der Waals surface area (Å²) < 4.78 is 28.0. The van der Waals surface area contributed by atoms with Gasteiger partial charge in [-0.25, -0.2) is 0 Å². The van der Waals surface area contributed by atoms with Gasteiger partial charge in [0.2, 0.25) is 0 Å². The van der Waals surface area contributed by atoms with Gasteiger partial charge in [-0.3, -0.25) is 0 Å². The van der Waals surface area contributed by atoms with Crippen LogP contribution in [0.15, 0.2) is 24.3 Å². The normalized spacial score (nSPS) is 17.0. The predicted molar refractivity (Wildman–Crippen MR) is 88.1 cm³/mol. The molecule has 1 fully saturated rings. The van der Waals surface area contributed by atoms with E-state index in [1.54, 1.807) is 11.4 Å². The molecule has 1 aliphatic heterocycles. The first kappa shape index (κ1) is 16.4. The highest BCUT2D eigenvalue weighted by Gasteiger charge is 2.28. The van der Waals surface area contributed by atoms with Crippen molar-refractivity contribution in [3.8, 4) is 0 Å². The number of piperidine rings is 1. The first-order valence-corrected chi connectivity index (χ1v) is 8.82. The monoisotopic (exact) mass is 327 g/mol. The number of nitrogens with zero attached hydrogens (tertiary/aromatic N) is 2. The Morgan fingerprint density at radius 1 is 1.33 bits per heavy atom. The van der Waals surface area contributed by atoms with Gasteiger partial charge >= 0.3 is 0 Å². The molecular weight excluding hydrogens is 306 g/mol. The molecule has 1 aromatic carbocycles. The smallest absolute Gasteiger partial charge is 0.282 e. The molecule has 0 bridgehead atoms. The Morgan fingerprint density at radius 2 is 2.00 bits per heavy atom. The van der Waals surface area contributed by atoms with Crippen LogP contribution in [-0.2, 0) is 16.8 Å². The van der Waals surface area contributed by atoms with E-state index in [2.05, 4.69) is 0 Å². The van der Waals surface area contributed by atoms with Crippen molar-refractivity contribution < 1.29 is 8.42 Å². The van der Waals surface area contributed by atoms with Crippen molar-refractivity contribution >= 4 is 27.4 Å². The largest absolute Gasteiger partial charge is 0.389 e. The second-order valence-corrected chi connectivity index (χ2v) is 7.76. The molecule has 21 heavy (non-hydrogen) atoms. The summed E-state index contributed by atoms with van der Waals surface area (Å²) in [6, 6.07) is 7.38. The standard InChI is InChI=1S/C14H21N3O2S2/c1-16(21(18,19)17-8-3-2-4-9-17)11-12-6-5-7-13(10-12)14(15)20/h5-7,10H,2-4,8-9,11H2,1H3,(H2,15,20). The average Bonchev–Trinajstić information content (AvgIpc) is 2.48. The third kappa shape index (κ3) is 4.00. The number of nitrogens with two attached hydrogens (primary N) is 1. The summed E-state index contributed by atoms with van der Waals surface area (Å²) in [5.41, 5.74) is 7.24. The van der Waals surface area contributed by atoms with Gasteiger partial charge < -0.3 is 5.73 Å². The van der Waals surface area contributed by atoms with Crippen molar-refractivity contribution in [1.82, 2.24) is 8.61 Å². The number of thiocarbonyl (C=S) groups is 1. The Hall–Kier alpha value is -1.02. The van der Waals surface area contributed by atoms with Gasteiger partial charge in [-0.2, -0.15) is 17.0 Å². The molecule has 116 valence electrons. The van der Waals surface area contributed by atoms with E-state index in [9.17, 15) is 8.42 Å². The number of hydrogen-bond acceptors (Lipinski definition) is 3. The van der Waals surface area contributed by atoms with Gasteiger partial charge in [0.15, 0.2) is 0 Å². The summed E-state index contributed by atoms with van der Waals surface area (Å²) in [7, 11) is -1.78. The van der Waals surface area contributed by atoms with E-state index in [4.69, 9.17) is 18.0 Å². The van der Waals surface area contributed by atoms with Crippen molar-refractivity contribution in [2.45, 2.75) is 25.8 Å². The van der Waals surface area contributed by atoms with Crippen molar-refractivity contribution in [1.29, 1.82) is 0 Å². The van der Waals surface area contributed by atoms with Crippen LogP contribution in [0.2, 0.25) is 0 Å². The molecule has 5 nitrogen and oxygen atoms in total. The van der Waals surface area contributed by atoms with E-state index in [1.165, 1.54) is 4.31 Å². The summed E-state index contributed by atoms with van der Waals surface area (Å²) >= 11 is 4.95. The van der Waals surface area contributed by atoms with Crippen molar-refractivity contribution in [2.24, 2.45) is 5.73 Å². The molecular formula is C14H21N3O2S2. The molecule has 1 heterocycles. The lowest BCUT2D eigenvalue weighted by Crippen LogP contribution is -2.44. The van der Waals surface area contributed by atoms with Crippen molar-refractivity contribution in [3.63, 3.8) is 0 Å². The van der Waals surface area contributed by atoms with Crippen LogP contribution in [0, 0.1) is 0 Å². The first-order chi connectivity index (χ1) is 9.91. The van der Waals surface area contributed by atoms with Gasteiger partial charge in [0.25, 0.3) is 10.2 Å². The molecule has 0 aromatic heterocycles. The van der Waals surface area contributed by atoms with Crippen LogP contribution in [0.1, 0.15) is 30.4 Å². The average molecular weight is 327 g/mol. The van der Waals surface area contributed by atoms with Crippen LogP contribution >= 0.6 is 12.2 Å². The molecule has 2 rings (SSSR count). The molecule has 0 amide bonds. The summed E-state index contributed by atoms with van der Waals surface area (Å²) in [6.07, 6.45) is 2.97. The van der Waals surface area contributed by atoms with Crippen LogP contribution in [0.4, 0.5) is 0 Å². The highest BCUT2D eigenvalue weighted by molar-refractivity contribution is 7.86. The number of benzene rings is 1. The minimum Gasteiger partial charge on any atom is -0.389 e. The van der Waals surface area contributed by atoms with E-state index in [0.717, 1.165) is 30.4 Å². The molecule has 1 aromatic rings. The van der Waals surface area contributed by atoms with Crippen LogP contribution in [0.3, 0.4) is 0 Å². The number of hydrogen-bond donors (Lipinski definition) is 1. The molecule has 7 heteroatoms. The Bertz CT molecular complexity index is 610. The van der Waals surface area contributed by atoms with Gasteiger partial charge in [-0.15, -0.1) is 0 Å². The van der Waals surface area contributed by atoms with E-state index < -0.39 is 10.2 Å². The maximum absolute atomic E-state index is 12.5. The highest BCUT2D eigenvalue weighted by Crippen LogP contribution is 2.17. The lowest BCUT2D eigenvalue weighted by atomic mass is 10.1. The molecule has 0 unspecified atom stereocenters. The Kier molecular flexibility index (Phi) is 5.32. The second-order valence-electron chi connectivity index (χ2n) is 5.29. The lowest BCUT2D eigenvalue weighted by Gasteiger charge is -2.30. The van der Waals surface area contributed by atoms with Crippen molar-refractivity contribution in [3.05, 3.63) is 35.4 Å². The molecule has 1 saturated heterocycles. The zero-order valence-corrected chi connectivity index (χ0v) is 13.8. The molecule has 0 aliphatic carbocycles. The summed E-state index contributed by atoms with van der Waals surface area (Å²) in [4.78, 5) is 0.318. The highest BCUT2D eigenvalue weighted by atomic mass is 32.2. The topological polar surface area (TPSA) is 66.6 Å². The van der Waals surface area contributed by atoms with Crippen LogP contribution in [0.5, 0.6) is 0 Å². The fourth-order valence-electron chi connectivity index (χ4n) is 2.45. The third-order valence-electron chi connectivity index (χ3n) is 3.65. The van der Waals surface area contributed by atoms with Gasteiger partial charge in [0.05, 0.1) is 0 Å². The fraction of sp³-hybridized carbons (Fsp3) is 0.500. The third-order valence-corrected chi connectivity index (χ3v) is 5.82. The lowest BCUT2D eigenvalue weighted by molar-refractivity contribution is 0.314. The summed E-state index contributed by atoms with van der Waals surface area (Å²) in [5, 5.41) is 0. The molecule has 0 spiro atoms. The predicted octanol–water partition coefficient (Wildman–Crippen LogP) is 1.48. The zero-order chi connectivity index (χ0) is 15.5. The maximum Gasteiger partial charge on any atom is 0.282 e. The molecule has 0 atom stereocenters. The van der Waals surface area contributed by atoms with E-state index in [-0.39, 0.29) is 0 Å². The Labute approximate surface area is 131 Å². The van der Waals surface area contributed by atoms with E-state index in [0.29, 0.717) is 24.6 Å². The van der Waals surface area contributed by atoms with Gasteiger partial charge in [-0.1, -0.05) is 36.8 Å². The minimum atomic E-state index is -3.39. The SMILES string of the molecule is CN(Cc1cccc(C(N)=S)c1)S(=O)(=O)N1CCCCC1. The molecule has 0 saturated carbocycles. The summed E-state index contributed by atoms with van der Waals surface area (Å²) in [6.45, 7) is 1.54. The minimum absolute atomic E-state index is 0.315. The van der Waals surface area contributed by atoms with E-state index in [1.807, 2.05) is 24.3 Å². The van der Waals surface area contributed by atoms with Crippen LogP contribution < -0.4 is 5.73 Å². The fourth-order valence-corrected chi connectivity index (χ4v) is 4.01. The van der Waals surface area contributed by atoms with Gasteiger partial charge in [-0.05, 0) is 24.5 Å². The second kappa shape index (κ2) is 6.83. The zero-order valence-electron chi connectivity index (χ0n) is 12.2. The van der Waals surface area contributed by atoms with Crippen molar-refractivity contribution in [2.75, 3.05) is 20.1 Å². The van der Waals surface area contributed by atoms with Gasteiger partial charge in [0.1, 0.15) is 4.99 Å². The molecule has 0 radical (unpaired) electrons. The summed E-state index contributed by atoms with van der Waals surface area (Å²) in [5.74, 6) is 0. The Morgan fingerprint density at radius 3 is 2.62 bits per heavy atom. The van der Waals surface area contributed by atoms with Gasteiger partial charge in [0, 0.05) is 32.2 Å². The van der Waals surface area contributed by atoms with E-state index >= 15 is 0 Å². The van der Waals surface area contributed by atoms with Crippen LogP contribution in [-0.4, -0.2) is 42.2 Å². The van der Waals surface area contributed by atoms with Crippen LogP contribution in [0.25, 0.3) is 0 Å².